The van der Waals surface area contributed by atoms with Gasteiger partial charge in [0.1, 0.15) is 6.17 Å². The summed E-state index contributed by atoms with van der Waals surface area (Å²) in [6.45, 7) is 10.6. The highest BCUT2D eigenvalue weighted by Gasteiger charge is 2.34. The van der Waals surface area contributed by atoms with E-state index in [-0.39, 0.29) is 24.0 Å². The van der Waals surface area contributed by atoms with Gasteiger partial charge in [0, 0.05) is 55.7 Å². The van der Waals surface area contributed by atoms with Crippen LogP contribution in [0.3, 0.4) is 0 Å². The van der Waals surface area contributed by atoms with Gasteiger partial charge in [-0.15, -0.1) is 0 Å². The average molecular weight is 522 g/mol. The number of nitrogens with zero attached hydrogens (tertiary/aromatic N) is 5. The standard InChI is InChI=1S/C28H36FN7O2/c1-6-36-23-9-7-8-21(31-22-11-13-35(17-20(22)29)28(2,3)4)19(23)14-24(36)26-32-25(38-33-26)15-30-27(37)18-10-12-34(5)16-18/h7-10,12,14,16,20,22,31H,6,11,13,15,17H2,1-5H3,(H,30,37)/t20-,22+/m0/s1. The number of benzene rings is 1. The predicted molar refractivity (Wildman–Crippen MR) is 146 cm³/mol. The van der Waals surface area contributed by atoms with E-state index in [1.807, 2.05) is 42.1 Å². The molecule has 0 unspecified atom stereocenters. The molecule has 1 aromatic carbocycles. The van der Waals surface area contributed by atoms with Crippen LogP contribution in [-0.4, -0.2) is 60.9 Å². The number of hydrogen-bond donors (Lipinski definition) is 2. The first kappa shape index (κ1) is 26.0. The smallest absolute Gasteiger partial charge is 0.253 e. The van der Waals surface area contributed by atoms with Crippen LogP contribution < -0.4 is 10.6 Å². The lowest BCUT2D eigenvalue weighted by atomic mass is 9.96. The van der Waals surface area contributed by atoms with E-state index in [0.29, 0.717) is 30.4 Å². The first-order valence-corrected chi connectivity index (χ1v) is 13.1. The number of piperidine rings is 1. The maximum absolute atomic E-state index is 15.2. The van der Waals surface area contributed by atoms with Crippen LogP contribution in [0.1, 0.15) is 50.4 Å². The van der Waals surface area contributed by atoms with Crippen molar-refractivity contribution in [3.8, 4) is 11.5 Å². The molecule has 0 radical (unpaired) electrons. The van der Waals surface area contributed by atoms with Gasteiger partial charge in [-0.3, -0.25) is 9.69 Å². The molecule has 38 heavy (non-hydrogen) atoms. The average Bonchev–Trinajstić information content (AvgIpc) is 3.61. The number of aryl methyl sites for hydroxylation is 2. The molecule has 1 aliphatic rings. The molecule has 4 heterocycles. The van der Waals surface area contributed by atoms with Gasteiger partial charge in [0.25, 0.3) is 5.91 Å². The van der Waals surface area contributed by atoms with Crippen LogP contribution in [0.4, 0.5) is 10.1 Å². The molecule has 1 fully saturated rings. The molecule has 202 valence electrons. The summed E-state index contributed by atoms with van der Waals surface area (Å²) in [5, 5.41) is 11.5. The molecule has 1 aliphatic heterocycles. The third kappa shape index (κ3) is 5.18. The van der Waals surface area contributed by atoms with Crippen LogP contribution in [0.15, 0.2) is 47.2 Å². The van der Waals surface area contributed by atoms with Crippen molar-refractivity contribution in [1.29, 1.82) is 0 Å². The van der Waals surface area contributed by atoms with Gasteiger partial charge in [-0.1, -0.05) is 11.2 Å². The number of nitrogens with one attached hydrogen (secondary N) is 2. The Morgan fingerprint density at radius 3 is 2.76 bits per heavy atom. The van der Waals surface area contributed by atoms with Crippen LogP contribution in [0.25, 0.3) is 22.4 Å². The minimum atomic E-state index is -0.961. The Labute approximate surface area is 222 Å². The van der Waals surface area contributed by atoms with Crippen molar-refractivity contribution < 1.29 is 13.7 Å². The molecular formula is C28H36FN7O2. The molecule has 2 atom stereocenters. The summed E-state index contributed by atoms with van der Waals surface area (Å²) in [4.78, 5) is 19.1. The van der Waals surface area contributed by atoms with Gasteiger partial charge < -0.3 is 24.3 Å². The van der Waals surface area contributed by atoms with Gasteiger partial charge in [0.15, 0.2) is 0 Å². The van der Waals surface area contributed by atoms with E-state index in [9.17, 15) is 4.79 Å². The van der Waals surface area contributed by atoms with E-state index in [4.69, 9.17) is 4.52 Å². The number of likely N-dealkylation sites (tertiary alicyclic amines) is 1. The number of carbonyl (C=O) groups excluding carboxylic acids is 1. The fourth-order valence-corrected chi connectivity index (χ4v) is 5.14. The van der Waals surface area contributed by atoms with Gasteiger partial charge in [0.05, 0.1) is 29.4 Å². The number of hydrogen-bond acceptors (Lipinski definition) is 6. The maximum Gasteiger partial charge on any atom is 0.253 e. The Morgan fingerprint density at radius 1 is 1.26 bits per heavy atom. The Hall–Kier alpha value is -3.66. The molecule has 0 bridgehead atoms. The van der Waals surface area contributed by atoms with E-state index in [1.165, 1.54) is 0 Å². The molecule has 0 saturated carbocycles. The lowest BCUT2D eigenvalue weighted by Crippen LogP contribution is -2.54. The molecule has 10 heteroatoms. The lowest BCUT2D eigenvalue weighted by molar-refractivity contribution is 0.0554. The number of alkyl halides is 1. The van der Waals surface area contributed by atoms with Gasteiger partial charge in [-0.05, 0) is 58.4 Å². The van der Waals surface area contributed by atoms with E-state index in [0.717, 1.165) is 35.2 Å². The van der Waals surface area contributed by atoms with E-state index in [1.54, 1.807) is 12.3 Å². The monoisotopic (exact) mass is 521 g/mol. The van der Waals surface area contributed by atoms with Gasteiger partial charge in [-0.25, -0.2) is 4.39 Å². The summed E-state index contributed by atoms with van der Waals surface area (Å²) in [5.41, 5.74) is 3.24. The predicted octanol–water partition coefficient (Wildman–Crippen LogP) is 4.60. The van der Waals surface area contributed by atoms with Crippen molar-refractivity contribution in [2.24, 2.45) is 7.05 Å². The second-order valence-electron chi connectivity index (χ2n) is 10.9. The molecule has 0 aliphatic carbocycles. The van der Waals surface area contributed by atoms with E-state index in [2.05, 4.69) is 57.9 Å². The molecule has 0 spiro atoms. The normalized spacial score (nSPS) is 18.7. The summed E-state index contributed by atoms with van der Waals surface area (Å²) in [7, 11) is 1.86. The zero-order valence-corrected chi connectivity index (χ0v) is 22.7. The number of fused-ring (bicyclic) bond motifs is 1. The number of amides is 1. The summed E-state index contributed by atoms with van der Waals surface area (Å²) >= 11 is 0. The molecular weight excluding hydrogens is 485 g/mol. The molecule has 1 amide bonds. The lowest BCUT2D eigenvalue weighted by Gasteiger charge is -2.42. The number of carbonyl (C=O) groups is 1. The highest BCUT2D eigenvalue weighted by Crippen LogP contribution is 2.33. The van der Waals surface area contributed by atoms with Crippen molar-refractivity contribution >= 4 is 22.5 Å². The van der Waals surface area contributed by atoms with Crippen LogP contribution in [0.5, 0.6) is 0 Å². The maximum atomic E-state index is 15.2. The summed E-state index contributed by atoms with van der Waals surface area (Å²) in [6, 6.07) is 9.55. The SMILES string of the molecule is CCn1c(-c2noc(CNC(=O)c3ccn(C)c3)n2)cc2c(N[C@@H]3CCN(C(C)(C)C)C[C@@H]3F)cccc21. The van der Waals surface area contributed by atoms with Crippen LogP contribution in [0.2, 0.25) is 0 Å². The van der Waals surface area contributed by atoms with Gasteiger partial charge in [0.2, 0.25) is 11.7 Å². The van der Waals surface area contributed by atoms with Crippen molar-refractivity contribution in [1.82, 2.24) is 29.5 Å². The van der Waals surface area contributed by atoms with Gasteiger partial charge >= 0.3 is 0 Å². The molecule has 5 rings (SSSR count). The fraction of sp³-hybridized carbons (Fsp3) is 0.464. The fourth-order valence-electron chi connectivity index (χ4n) is 5.14. The second kappa shape index (κ2) is 10.2. The molecule has 9 nitrogen and oxygen atoms in total. The largest absolute Gasteiger partial charge is 0.379 e. The number of aromatic nitrogens is 4. The van der Waals surface area contributed by atoms with Crippen LogP contribution in [0, 0.1) is 0 Å². The first-order chi connectivity index (χ1) is 18.1. The van der Waals surface area contributed by atoms with E-state index < -0.39 is 6.17 Å². The zero-order valence-electron chi connectivity index (χ0n) is 22.7. The summed E-state index contributed by atoms with van der Waals surface area (Å²) < 4.78 is 24.6. The quantitative estimate of drug-likeness (QED) is 0.369. The Kier molecular flexibility index (Phi) is 7.00. The van der Waals surface area contributed by atoms with Crippen molar-refractivity contribution in [3.05, 3.63) is 54.2 Å². The Morgan fingerprint density at radius 2 is 2.08 bits per heavy atom. The van der Waals surface area contributed by atoms with Crippen molar-refractivity contribution in [3.63, 3.8) is 0 Å². The third-order valence-corrected chi connectivity index (χ3v) is 7.28. The van der Waals surface area contributed by atoms with E-state index >= 15 is 4.39 Å². The van der Waals surface area contributed by atoms with Crippen molar-refractivity contribution in [2.75, 3.05) is 18.4 Å². The Balaban J connectivity index is 1.34. The minimum Gasteiger partial charge on any atom is -0.379 e. The first-order valence-electron chi connectivity index (χ1n) is 13.1. The topological polar surface area (TPSA) is 93.2 Å². The van der Waals surface area contributed by atoms with Crippen LogP contribution in [-0.2, 0) is 20.1 Å². The molecule has 4 aromatic rings. The third-order valence-electron chi connectivity index (χ3n) is 7.28. The summed E-state index contributed by atoms with van der Waals surface area (Å²) in [6.07, 6.45) is 3.34. The highest BCUT2D eigenvalue weighted by atomic mass is 19.1. The Bertz CT molecular complexity index is 1430. The molecule has 1 saturated heterocycles. The van der Waals surface area contributed by atoms with Crippen molar-refractivity contribution in [2.45, 2.75) is 65.0 Å². The zero-order chi connectivity index (χ0) is 27.0. The number of anilines is 1. The molecule has 2 N–H and O–H groups in total. The minimum absolute atomic E-state index is 0.0453. The number of halogens is 1. The second-order valence-corrected chi connectivity index (χ2v) is 10.9. The molecule has 3 aromatic heterocycles. The van der Waals surface area contributed by atoms with Crippen LogP contribution >= 0.6 is 0 Å². The van der Waals surface area contributed by atoms with Gasteiger partial charge in [-0.2, -0.15) is 4.98 Å². The highest BCUT2D eigenvalue weighted by molar-refractivity contribution is 5.96. The number of rotatable bonds is 7. The summed E-state index contributed by atoms with van der Waals surface area (Å²) in [5.74, 6) is 0.560.